The van der Waals surface area contributed by atoms with Crippen LogP contribution in [0.25, 0.3) is 10.4 Å². The van der Waals surface area contributed by atoms with Gasteiger partial charge in [0.15, 0.2) is 12.0 Å². The van der Waals surface area contributed by atoms with E-state index >= 15 is 0 Å². The second-order valence-electron chi connectivity index (χ2n) is 7.33. The Morgan fingerprint density at radius 1 is 1.03 bits per heavy atom. The molecule has 1 aliphatic rings. The molecule has 1 saturated heterocycles. The number of aliphatic hydroxyl groups excluding tert-OH is 3. The highest BCUT2D eigenvalue weighted by molar-refractivity contribution is 5.35. The van der Waals surface area contributed by atoms with Gasteiger partial charge in [0.1, 0.15) is 30.2 Å². The molecular formula is C19H29F3N6O8. The lowest BCUT2D eigenvalue weighted by Gasteiger charge is -2.42. The number of hydrogen-bond acceptors (Lipinski definition) is 12. The molecule has 36 heavy (non-hydrogen) atoms. The van der Waals surface area contributed by atoms with Crippen molar-refractivity contribution in [2.24, 2.45) is 5.11 Å². The Labute approximate surface area is 203 Å². The van der Waals surface area contributed by atoms with Gasteiger partial charge in [-0.3, -0.25) is 4.98 Å². The van der Waals surface area contributed by atoms with Crippen LogP contribution in [0.4, 0.5) is 19.0 Å². The molecule has 204 valence electrons. The van der Waals surface area contributed by atoms with Crippen molar-refractivity contribution < 1.29 is 52.2 Å². The number of rotatable bonds is 16. The van der Waals surface area contributed by atoms with Crippen LogP contribution in [0, 0.1) is 0 Å². The molecular weight excluding hydrogens is 497 g/mol. The molecule has 0 unspecified atom stereocenters. The Morgan fingerprint density at radius 2 is 1.67 bits per heavy atom. The summed E-state index contributed by atoms with van der Waals surface area (Å²) in [6.07, 6.45) is -8.73. The van der Waals surface area contributed by atoms with Crippen molar-refractivity contribution in [1.29, 1.82) is 0 Å². The fourth-order valence-corrected chi connectivity index (χ4v) is 3.04. The number of aromatic nitrogens is 2. The molecule has 0 radical (unpaired) electrons. The van der Waals surface area contributed by atoms with Gasteiger partial charge in [0.25, 0.3) is 0 Å². The molecule has 1 aromatic heterocycles. The van der Waals surface area contributed by atoms with Crippen LogP contribution in [0.15, 0.2) is 17.5 Å². The van der Waals surface area contributed by atoms with Crippen LogP contribution in [-0.2, 0) is 29.9 Å². The SMILES string of the molecule is [N-]=[N+]=NCCOCCOCCOCCO[C@@H]1O[C@H](CO)[C@H](O)[C@H](O)[C@H]1Nc1cncc(C(F)(F)F)n1. The molecule has 1 fully saturated rings. The first kappa shape index (κ1) is 29.9. The molecule has 1 aromatic rings. The molecule has 1 aliphatic heterocycles. The lowest BCUT2D eigenvalue weighted by molar-refractivity contribution is -0.264. The maximum atomic E-state index is 12.9. The number of nitrogens with one attached hydrogen (secondary N) is 1. The number of halogens is 3. The smallest absolute Gasteiger partial charge is 0.394 e. The Balaban J connectivity index is 1.78. The Morgan fingerprint density at radius 3 is 2.28 bits per heavy atom. The van der Waals surface area contributed by atoms with Gasteiger partial charge in [-0.15, -0.1) is 0 Å². The van der Waals surface area contributed by atoms with Gasteiger partial charge < -0.3 is 44.3 Å². The summed E-state index contributed by atoms with van der Waals surface area (Å²) in [5, 5.41) is 35.9. The highest BCUT2D eigenvalue weighted by Crippen LogP contribution is 2.29. The average Bonchev–Trinajstić information content (AvgIpc) is 2.85. The van der Waals surface area contributed by atoms with Gasteiger partial charge in [-0.25, -0.2) is 4.98 Å². The van der Waals surface area contributed by atoms with E-state index in [0.29, 0.717) is 26.0 Å². The van der Waals surface area contributed by atoms with Crippen molar-refractivity contribution in [2.75, 3.05) is 64.7 Å². The monoisotopic (exact) mass is 526 g/mol. The molecule has 17 heteroatoms. The van der Waals surface area contributed by atoms with Gasteiger partial charge >= 0.3 is 6.18 Å². The van der Waals surface area contributed by atoms with Crippen molar-refractivity contribution in [3.63, 3.8) is 0 Å². The number of hydrogen-bond donors (Lipinski definition) is 4. The Kier molecular flexibility index (Phi) is 13.0. The highest BCUT2D eigenvalue weighted by atomic mass is 19.4. The molecule has 0 aromatic carbocycles. The molecule has 0 spiro atoms. The maximum absolute atomic E-state index is 12.9. The fourth-order valence-electron chi connectivity index (χ4n) is 3.04. The number of nitrogens with zero attached hydrogens (tertiary/aromatic N) is 5. The molecule has 2 heterocycles. The number of alkyl halides is 3. The molecule has 4 N–H and O–H groups in total. The standard InChI is InChI=1S/C19H29F3N6O8/c20-19(21,22)13-9-24-10-14(26-13)27-15-17(31)16(30)12(11-29)36-18(15)35-8-7-34-6-5-33-4-3-32-2-1-25-28-23/h9-10,12,15-18,29-31H,1-8,11H2,(H,26,27)/t12-,15-,16+,17-,18-/m1/s1. The van der Waals surface area contributed by atoms with Crippen LogP contribution in [0.5, 0.6) is 0 Å². The molecule has 2 rings (SSSR count). The van der Waals surface area contributed by atoms with E-state index < -0.39 is 49.1 Å². The van der Waals surface area contributed by atoms with Crippen LogP contribution in [0.1, 0.15) is 5.69 Å². The molecule has 5 atom stereocenters. The predicted molar refractivity (Wildman–Crippen MR) is 115 cm³/mol. The summed E-state index contributed by atoms with van der Waals surface area (Å²) in [4.78, 5) is 9.51. The van der Waals surface area contributed by atoms with Crippen LogP contribution in [0.3, 0.4) is 0 Å². The molecule has 14 nitrogen and oxygen atoms in total. The topological polar surface area (TPSA) is 193 Å². The van der Waals surface area contributed by atoms with Gasteiger partial charge in [0.2, 0.25) is 0 Å². The minimum atomic E-state index is -4.73. The normalized spacial score (nSPS) is 24.3. The van der Waals surface area contributed by atoms with Crippen molar-refractivity contribution in [1.82, 2.24) is 9.97 Å². The summed E-state index contributed by atoms with van der Waals surface area (Å²) in [5.41, 5.74) is 6.88. The van der Waals surface area contributed by atoms with Crippen molar-refractivity contribution >= 4 is 5.82 Å². The van der Waals surface area contributed by atoms with Gasteiger partial charge in [-0.1, -0.05) is 5.11 Å². The minimum absolute atomic E-state index is 0.0411. The first-order valence-electron chi connectivity index (χ1n) is 10.9. The van der Waals surface area contributed by atoms with Crippen LogP contribution in [-0.4, -0.2) is 115 Å². The summed E-state index contributed by atoms with van der Waals surface area (Å²) in [5.74, 6) is -0.323. The quantitative estimate of drug-likeness (QED) is 0.0987. The second-order valence-corrected chi connectivity index (χ2v) is 7.33. The van der Waals surface area contributed by atoms with E-state index in [9.17, 15) is 28.5 Å². The van der Waals surface area contributed by atoms with Crippen molar-refractivity contribution in [2.45, 2.75) is 36.8 Å². The number of ether oxygens (including phenoxy) is 5. The van der Waals surface area contributed by atoms with Gasteiger partial charge in [0, 0.05) is 11.5 Å². The van der Waals surface area contributed by atoms with Crippen LogP contribution < -0.4 is 5.32 Å². The lowest BCUT2D eigenvalue weighted by atomic mass is 9.97. The summed E-state index contributed by atoms with van der Waals surface area (Å²) in [7, 11) is 0. The van der Waals surface area contributed by atoms with E-state index in [-0.39, 0.29) is 38.8 Å². The Bertz CT molecular complexity index is 820. The summed E-state index contributed by atoms with van der Waals surface area (Å²) in [6.45, 7) is 1.11. The largest absolute Gasteiger partial charge is 0.434 e. The van der Waals surface area contributed by atoms with E-state index in [1.165, 1.54) is 0 Å². The predicted octanol–water partition coefficient (Wildman–Crippen LogP) is 0.0916. The zero-order chi connectivity index (χ0) is 26.4. The zero-order valence-electron chi connectivity index (χ0n) is 19.2. The summed E-state index contributed by atoms with van der Waals surface area (Å²) < 4.78 is 65.6. The van der Waals surface area contributed by atoms with E-state index in [1.807, 2.05) is 0 Å². The fraction of sp³-hybridized carbons (Fsp3) is 0.789. The molecule has 0 saturated carbocycles. The highest BCUT2D eigenvalue weighted by Gasteiger charge is 2.45. The lowest BCUT2D eigenvalue weighted by Crippen LogP contribution is -2.62. The van der Waals surface area contributed by atoms with E-state index in [4.69, 9.17) is 29.2 Å². The zero-order valence-corrected chi connectivity index (χ0v) is 19.2. The number of anilines is 1. The average molecular weight is 526 g/mol. The third-order valence-electron chi connectivity index (χ3n) is 4.77. The van der Waals surface area contributed by atoms with Gasteiger partial charge in [0.05, 0.1) is 65.2 Å². The second kappa shape index (κ2) is 15.7. The van der Waals surface area contributed by atoms with E-state index in [0.717, 1.165) is 6.20 Å². The first-order chi connectivity index (χ1) is 17.3. The molecule has 0 aliphatic carbocycles. The van der Waals surface area contributed by atoms with E-state index in [1.54, 1.807) is 0 Å². The summed E-state index contributed by atoms with van der Waals surface area (Å²) in [6, 6.07) is -1.23. The van der Waals surface area contributed by atoms with Crippen molar-refractivity contribution in [3.8, 4) is 0 Å². The number of azide groups is 1. The van der Waals surface area contributed by atoms with Gasteiger partial charge in [-0.05, 0) is 5.53 Å². The van der Waals surface area contributed by atoms with Crippen LogP contribution in [0.2, 0.25) is 0 Å². The minimum Gasteiger partial charge on any atom is -0.394 e. The van der Waals surface area contributed by atoms with Crippen molar-refractivity contribution in [3.05, 3.63) is 28.5 Å². The first-order valence-corrected chi connectivity index (χ1v) is 10.9. The Hall–Kier alpha value is -2.34. The summed E-state index contributed by atoms with van der Waals surface area (Å²) >= 11 is 0. The van der Waals surface area contributed by atoms with Crippen LogP contribution >= 0.6 is 0 Å². The van der Waals surface area contributed by atoms with Gasteiger partial charge in [-0.2, -0.15) is 13.2 Å². The maximum Gasteiger partial charge on any atom is 0.434 e. The molecule has 0 bridgehead atoms. The number of aliphatic hydroxyl groups is 3. The van der Waals surface area contributed by atoms with E-state index in [2.05, 4.69) is 25.3 Å². The third-order valence-corrected chi connectivity index (χ3v) is 4.77. The molecule has 0 amide bonds. The third kappa shape index (κ3) is 9.96.